The van der Waals surface area contributed by atoms with Crippen LogP contribution in [0.1, 0.15) is 12.8 Å². The van der Waals surface area contributed by atoms with E-state index >= 15 is 0 Å². The van der Waals surface area contributed by atoms with Crippen molar-refractivity contribution in [2.75, 3.05) is 31.2 Å². The van der Waals surface area contributed by atoms with E-state index < -0.39 is 0 Å². The average molecular weight is 262 g/mol. The number of rotatable bonds is 1. The van der Waals surface area contributed by atoms with Gasteiger partial charge in [0.25, 0.3) is 6.01 Å². The molecule has 0 bridgehead atoms. The minimum atomic E-state index is -0.334. The Morgan fingerprint density at radius 3 is 3.00 bits per heavy atom. The fourth-order valence-electron chi connectivity index (χ4n) is 2.67. The van der Waals surface area contributed by atoms with Crippen molar-refractivity contribution in [1.82, 2.24) is 4.98 Å². The number of para-hydroxylation sites is 1. The van der Waals surface area contributed by atoms with Crippen LogP contribution in [0.4, 0.5) is 10.4 Å². The van der Waals surface area contributed by atoms with Crippen LogP contribution in [-0.2, 0) is 4.74 Å². The highest BCUT2D eigenvalue weighted by Gasteiger charge is 2.46. The molecule has 2 aliphatic rings. The smallest absolute Gasteiger partial charge is 0.298 e. The molecule has 0 N–H and O–H groups in total. The Balaban J connectivity index is 1.71. The molecule has 0 radical (unpaired) electrons. The number of anilines is 1. The van der Waals surface area contributed by atoms with Gasteiger partial charge in [-0.25, -0.2) is 4.39 Å². The SMILES string of the molecule is Fc1cccc2oc(N3CCOCC4(CC4)C3)nc12. The average Bonchev–Trinajstić information content (AvgIpc) is 3.09. The van der Waals surface area contributed by atoms with Crippen LogP contribution < -0.4 is 4.90 Å². The van der Waals surface area contributed by atoms with E-state index in [1.54, 1.807) is 12.1 Å². The van der Waals surface area contributed by atoms with E-state index in [4.69, 9.17) is 9.15 Å². The number of halogens is 1. The number of ether oxygens (including phenoxy) is 1. The van der Waals surface area contributed by atoms with Crippen molar-refractivity contribution >= 4 is 17.1 Å². The Morgan fingerprint density at radius 1 is 1.32 bits per heavy atom. The normalized spacial score (nSPS) is 21.8. The first-order valence-corrected chi connectivity index (χ1v) is 6.64. The topological polar surface area (TPSA) is 38.5 Å². The van der Waals surface area contributed by atoms with E-state index in [1.807, 2.05) is 0 Å². The van der Waals surface area contributed by atoms with E-state index in [0.29, 0.717) is 23.7 Å². The highest BCUT2D eigenvalue weighted by atomic mass is 19.1. The first-order chi connectivity index (χ1) is 9.26. The van der Waals surface area contributed by atoms with Gasteiger partial charge < -0.3 is 14.1 Å². The monoisotopic (exact) mass is 262 g/mol. The minimum Gasteiger partial charge on any atom is -0.423 e. The summed E-state index contributed by atoms with van der Waals surface area (Å²) in [5, 5.41) is 0. The molecular weight excluding hydrogens is 247 g/mol. The Labute approximate surface area is 110 Å². The quantitative estimate of drug-likeness (QED) is 0.791. The van der Waals surface area contributed by atoms with E-state index in [1.165, 1.54) is 18.9 Å². The van der Waals surface area contributed by atoms with E-state index in [9.17, 15) is 4.39 Å². The second-order valence-electron chi connectivity index (χ2n) is 5.56. The largest absolute Gasteiger partial charge is 0.423 e. The van der Waals surface area contributed by atoms with Gasteiger partial charge in [0, 0.05) is 18.5 Å². The molecule has 1 saturated carbocycles. The first-order valence-electron chi connectivity index (χ1n) is 6.64. The van der Waals surface area contributed by atoms with Crippen LogP contribution in [0.15, 0.2) is 22.6 Å². The summed E-state index contributed by atoms with van der Waals surface area (Å²) in [5.74, 6) is -0.334. The predicted octanol–water partition coefficient (Wildman–Crippen LogP) is 2.58. The molecule has 4 nitrogen and oxygen atoms in total. The summed E-state index contributed by atoms with van der Waals surface area (Å²) in [7, 11) is 0. The summed E-state index contributed by atoms with van der Waals surface area (Å²) in [6.07, 6.45) is 2.39. The summed E-state index contributed by atoms with van der Waals surface area (Å²) >= 11 is 0. The van der Waals surface area contributed by atoms with Crippen LogP contribution in [0.25, 0.3) is 11.1 Å². The molecule has 2 heterocycles. The molecule has 1 spiro atoms. The van der Waals surface area contributed by atoms with Crippen molar-refractivity contribution in [3.63, 3.8) is 0 Å². The maximum absolute atomic E-state index is 13.6. The third-order valence-corrected chi connectivity index (χ3v) is 4.03. The third-order valence-electron chi connectivity index (χ3n) is 4.03. The Morgan fingerprint density at radius 2 is 2.21 bits per heavy atom. The summed E-state index contributed by atoms with van der Waals surface area (Å²) < 4.78 is 25.0. The van der Waals surface area contributed by atoms with Crippen LogP contribution in [-0.4, -0.2) is 31.3 Å². The molecule has 1 aliphatic heterocycles. The number of oxazole rings is 1. The van der Waals surface area contributed by atoms with Gasteiger partial charge in [0.2, 0.25) is 0 Å². The van der Waals surface area contributed by atoms with Gasteiger partial charge in [-0.1, -0.05) is 6.07 Å². The number of nitrogens with zero attached hydrogens (tertiary/aromatic N) is 2. The molecule has 1 aromatic heterocycles. The van der Waals surface area contributed by atoms with E-state index in [-0.39, 0.29) is 11.2 Å². The van der Waals surface area contributed by atoms with Crippen LogP contribution in [0.2, 0.25) is 0 Å². The molecule has 1 aromatic carbocycles. The zero-order chi connectivity index (χ0) is 12.9. The van der Waals surface area contributed by atoms with E-state index in [0.717, 1.165) is 19.7 Å². The standard InChI is InChI=1S/C14H15FN2O2/c15-10-2-1-3-11-12(10)16-13(19-11)17-6-7-18-9-14(8-17)4-5-14/h1-3H,4-9H2. The molecule has 100 valence electrons. The third kappa shape index (κ3) is 1.89. The Kier molecular flexibility index (Phi) is 2.33. The lowest BCUT2D eigenvalue weighted by molar-refractivity contribution is 0.115. The number of hydrogen-bond donors (Lipinski definition) is 0. The molecule has 1 saturated heterocycles. The highest BCUT2D eigenvalue weighted by Crippen LogP contribution is 2.47. The lowest BCUT2D eigenvalue weighted by Gasteiger charge is -2.20. The molecule has 5 heteroatoms. The van der Waals surface area contributed by atoms with Crippen molar-refractivity contribution in [3.8, 4) is 0 Å². The second-order valence-corrected chi connectivity index (χ2v) is 5.56. The molecular formula is C14H15FN2O2. The van der Waals surface area contributed by atoms with Crippen molar-refractivity contribution in [1.29, 1.82) is 0 Å². The fraction of sp³-hybridized carbons (Fsp3) is 0.500. The van der Waals surface area contributed by atoms with Gasteiger partial charge in [-0.2, -0.15) is 4.98 Å². The Bertz CT molecular complexity index is 621. The maximum Gasteiger partial charge on any atom is 0.298 e. The van der Waals surface area contributed by atoms with Gasteiger partial charge in [0.1, 0.15) is 5.52 Å². The zero-order valence-electron chi connectivity index (χ0n) is 10.6. The molecule has 1 aliphatic carbocycles. The van der Waals surface area contributed by atoms with Gasteiger partial charge in [0.05, 0.1) is 13.2 Å². The number of benzene rings is 1. The lowest BCUT2D eigenvalue weighted by atomic mass is 10.1. The van der Waals surface area contributed by atoms with Crippen LogP contribution in [0.5, 0.6) is 0 Å². The summed E-state index contributed by atoms with van der Waals surface area (Å²) in [6.45, 7) is 3.12. The van der Waals surface area contributed by atoms with Crippen molar-refractivity contribution < 1.29 is 13.5 Å². The van der Waals surface area contributed by atoms with Gasteiger partial charge >= 0.3 is 0 Å². The maximum atomic E-state index is 13.6. The summed E-state index contributed by atoms with van der Waals surface area (Å²) in [6, 6.07) is 5.30. The molecule has 2 aromatic rings. The highest BCUT2D eigenvalue weighted by molar-refractivity contribution is 5.75. The van der Waals surface area contributed by atoms with Crippen molar-refractivity contribution in [3.05, 3.63) is 24.0 Å². The Hall–Kier alpha value is -1.62. The van der Waals surface area contributed by atoms with Crippen LogP contribution in [0.3, 0.4) is 0 Å². The van der Waals surface area contributed by atoms with Gasteiger partial charge in [-0.3, -0.25) is 0 Å². The van der Waals surface area contributed by atoms with Crippen molar-refractivity contribution in [2.45, 2.75) is 12.8 Å². The van der Waals surface area contributed by atoms with Gasteiger partial charge in [-0.15, -0.1) is 0 Å². The van der Waals surface area contributed by atoms with Crippen LogP contribution in [0, 0.1) is 11.2 Å². The molecule has 4 rings (SSSR count). The van der Waals surface area contributed by atoms with Crippen LogP contribution >= 0.6 is 0 Å². The number of aromatic nitrogens is 1. The van der Waals surface area contributed by atoms with E-state index in [2.05, 4.69) is 9.88 Å². The lowest BCUT2D eigenvalue weighted by Crippen LogP contribution is -2.30. The molecule has 0 amide bonds. The number of hydrogen-bond acceptors (Lipinski definition) is 4. The summed E-state index contributed by atoms with van der Waals surface area (Å²) in [5.41, 5.74) is 1.09. The molecule has 0 unspecified atom stereocenters. The first kappa shape index (κ1) is 11.2. The summed E-state index contributed by atoms with van der Waals surface area (Å²) in [4.78, 5) is 6.38. The number of fused-ring (bicyclic) bond motifs is 1. The van der Waals surface area contributed by atoms with Gasteiger partial charge in [0.15, 0.2) is 11.4 Å². The molecule has 2 fully saturated rings. The predicted molar refractivity (Wildman–Crippen MR) is 68.7 cm³/mol. The minimum absolute atomic E-state index is 0.274. The zero-order valence-corrected chi connectivity index (χ0v) is 10.6. The second kappa shape index (κ2) is 3.93. The molecule has 19 heavy (non-hydrogen) atoms. The van der Waals surface area contributed by atoms with Crippen molar-refractivity contribution in [2.24, 2.45) is 5.41 Å². The molecule has 0 atom stereocenters. The fourth-order valence-corrected chi connectivity index (χ4v) is 2.67. The van der Waals surface area contributed by atoms with Gasteiger partial charge in [-0.05, 0) is 25.0 Å².